The number of ether oxygens (including phenoxy) is 1. The van der Waals surface area contributed by atoms with Gasteiger partial charge in [0.25, 0.3) is 0 Å². The lowest BCUT2D eigenvalue weighted by atomic mass is 9.73. The quantitative estimate of drug-likeness (QED) is 0.579. The van der Waals surface area contributed by atoms with E-state index in [1.807, 2.05) is 4.90 Å². The third-order valence-corrected chi connectivity index (χ3v) is 6.37. The van der Waals surface area contributed by atoms with Crippen LogP contribution in [0.4, 0.5) is 20.6 Å². The summed E-state index contributed by atoms with van der Waals surface area (Å²) in [6.45, 7) is 3.36. The minimum atomic E-state index is -0.546. The van der Waals surface area contributed by atoms with Crippen LogP contribution in [0.5, 0.6) is 0 Å². The van der Waals surface area contributed by atoms with Gasteiger partial charge < -0.3 is 20.2 Å². The standard InChI is InChI=1S/C21H27FN4O4/c1-14(27)23-11-17-12-26(20(28)30-17)16-4-5-19(18(22)9-16)25-8-7-21(13-25)6-2-3-15(10-21)24-29/h4-5,9,17,29H,2-3,6-8,10-13H2,1H3,(H,23,27). The molecule has 1 spiro atoms. The zero-order chi connectivity index (χ0) is 21.3. The first-order valence-corrected chi connectivity index (χ1v) is 10.4. The highest BCUT2D eigenvalue weighted by atomic mass is 19.1. The van der Waals surface area contributed by atoms with Crippen LogP contribution in [0.1, 0.15) is 39.0 Å². The number of halogens is 1. The van der Waals surface area contributed by atoms with Crippen LogP contribution in [0.25, 0.3) is 0 Å². The SMILES string of the molecule is CC(=O)NCC1CN(c2ccc(N3CCC4(CCCC(=NO)C4)C3)c(F)c2)C(=O)O1. The molecule has 9 heteroatoms. The smallest absolute Gasteiger partial charge is 0.414 e. The Balaban J connectivity index is 1.44. The van der Waals surface area contributed by atoms with Gasteiger partial charge in [-0.05, 0) is 55.7 Å². The molecule has 1 aromatic rings. The Bertz CT molecular complexity index is 877. The number of carbonyl (C=O) groups excluding carboxylic acids is 2. The molecular formula is C21H27FN4O4. The second-order valence-corrected chi connectivity index (χ2v) is 8.56. The number of hydrogen-bond donors (Lipinski definition) is 2. The second-order valence-electron chi connectivity index (χ2n) is 8.56. The molecule has 1 aliphatic carbocycles. The van der Waals surface area contributed by atoms with Crippen molar-refractivity contribution in [1.82, 2.24) is 5.32 Å². The Morgan fingerprint density at radius 2 is 2.27 bits per heavy atom. The Hall–Kier alpha value is -2.84. The van der Waals surface area contributed by atoms with Gasteiger partial charge in [0.2, 0.25) is 5.91 Å². The van der Waals surface area contributed by atoms with Crippen molar-refractivity contribution < 1.29 is 23.9 Å². The van der Waals surface area contributed by atoms with Crippen LogP contribution in [0, 0.1) is 11.2 Å². The largest absolute Gasteiger partial charge is 0.442 e. The molecule has 2 N–H and O–H groups in total. The van der Waals surface area contributed by atoms with E-state index in [-0.39, 0.29) is 30.2 Å². The lowest BCUT2D eigenvalue weighted by molar-refractivity contribution is -0.119. The number of nitrogens with zero attached hydrogens (tertiary/aromatic N) is 3. The molecule has 2 amide bonds. The number of oxime groups is 1. The van der Waals surface area contributed by atoms with Crippen LogP contribution in [0.2, 0.25) is 0 Å². The number of carbonyl (C=O) groups is 2. The van der Waals surface area contributed by atoms with Crippen molar-refractivity contribution in [3.63, 3.8) is 0 Å². The predicted molar refractivity (Wildman–Crippen MR) is 110 cm³/mol. The van der Waals surface area contributed by atoms with Crippen LogP contribution in [-0.2, 0) is 9.53 Å². The summed E-state index contributed by atoms with van der Waals surface area (Å²) in [6.07, 6.45) is 3.57. The van der Waals surface area contributed by atoms with Crippen molar-refractivity contribution in [2.45, 2.75) is 45.1 Å². The van der Waals surface area contributed by atoms with Gasteiger partial charge in [-0.25, -0.2) is 9.18 Å². The monoisotopic (exact) mass is 418 g/mol. The number of hydrogen-bond acceptors (Lipinski definition) is 6. The van der Waals surface area contributed by atoms with Gasteiger partial charge in [0.1, 0.15) is 11.9 Å². The third-order valence-electron chi connectivity index (χ3n) is 6.37. The molecule has 8 nitrogen and oxygen atoms in total. The molecule has 0 bridgehead atoms. The Morgan fingerprint density at radius 1 is 1.43 bits per heavy atom. The maximum Gasteiger partial charge on any atom is 0.414 e. The van der Waals surface area contributed by atoms with Crippen LogP contribution in [0.15, 0.2) is 23.4 Å². The first kappa shape index (κ1) is 20.4. The Morgan fingerprint density at radius 3 is 3.00 bits per heavy atom. The highest BCUT2D eigenvalue weighted by Crippen LogP contribution is 2.44. The van der Waals surface area contributed by atoms with Gasteiger partial charge in [0, 0.05) is 20.0 Å². The van der Waals surface area contributed by atoms with E-state index in [0.717, 1.165) is 50.9 Å². The van der Waals surface area contributed by atoms with Crippen LogP contribution >= 0.6 is 0 Å². The molecule has 4 rings (SSSR count). The molecule has 0 aromatic heterocycles. The maximum atomic E-state index is 15.0. The van der Waals surface area contributed by atoms with Crippen LogP contribution in [0.3, 0.4) is 0 Å². The fraction of sp³-hybridized carbons (Fsp3) is 0.571. The minimum Gasteiger partial charge on any atom is -0.442 e. The first-order chi connectivity index (χ1) is 14.4. The van der Waals surface area contributed by atoms with Gasteiger partial charge in [0.05, 0.1) is 30.2 Å². The van der Waals surface area contributed by atoms with Crippen molar-refractivity contribution >= 4 is 29.1 Å². The summed E-state index contributed by atoms with van der Waals surface area (Å²) in [5, 5.41) is 15.2. The van der Waals surface area contributed by atoms with Gasteiger partial charge in [-0.1, -0.05) is 5.16 Å². The number of cyclic esters (lactones) is 1. The summed E-state index contributed by atoms with van der Waals surface area (Å²) in [5.41, 5.74) is 1.83. The lowest BCUT2D eigenvalue weighted by Crippen LogP contribution is -2.33. The molecule has 1 saturated carbocycles. The molecule has 3 aliphatic rings. The molecule has 1 aromatic carbocycles. The molecule has 2 aliphatic heterocycles. The van der Waals surface area contributed by atoms with E-state index in [9.17, 15) is 14.0 Å². The summed E-state index contributed by atoms with van der Waals surface area (Å²) in [6, 6.07) is 4.80. The van der Waals surface area contributed by atoms with Gasteiger partial charge >= 0.3 is 6.09 Å². The fourth-order valence-corrected chi connectivity index (χ4v) is 4.87. The maximum absolute atomic E-state index is 15.0. The van der Waals surface area contributed by atoms with Crippen molar-refractivity contribution in [1.29, 1.82) is 0 Å². The van der Waals surface area contributed by atoms with Crippen LogP contribution < -0.4 is 15.1 Å². The van der Waals surface area contributed by atoms with E-state index >= 15 is 0 Å². The predicted octanol–water partition coefficient (Wildman–Crippen LogP) is 2.89. The topological polar surface area (TPSA) is 94.5 Å². The molecule has 3 fully saturated rings. The Labute approximate surface area is 174 Å². The summed E-state index contributed by atoms with van der Waals surface area (Å²) >= 11 is 0. The van der Waals surface area contributed by atoms with Crippen molar-refractivity contribution in [2.24, 2.45) is 10.6 Å². The molecule has 30 heavy (non-hydrogen) atoms. The zero-order valence-electron chi connectivity index (χ0n) is 17.1. The van der Waals surface area contributed by atoms with E-state index in [1.165, 1.54) is 17.9 Å². The van der Waals surface area contributed by atoms with E-state index in [0.29, 0.717) is 11.4 Å². The Kier molecular flexibility index (Phi) is 5.53. The highest BCUT2D eigenvalue weighted by molar-refractivity contribution is 5.90. The molecule has 0 radical (unpaired) electrons. The first-order valence-electron chi connectivity index (χ1n) is 10.4. The summed E-state index contributed by atoms with van der Waals surface area (Å²) in [5.74, 6) is -0.576. The van der Waals surface area contributed by atoms with E-state index in [1.54, 1.807) is 12.1 Å². The molecule has 2 heterocycles. The van der Waals surface area contributed by atoms with E-state index < -0.39 is 12.2 Å². The zero-order valence-corrected chi connectivity index (χ0v) is 17.1. The van der Waals surface area contributed by atoms with Gasteiger partial charge in [-0.15, -0.1) is 0 Å². The molecular weight excluding hydrogens is 391 g/mol. The third kappa shape index (κ3) is 4.06. The molecule has 2 saturated heterocycles. The summed E-state index contributed by atoms with van der Waals surface area (Å²) in [7, 11) is 0. The molecule has 2 unspecified atom stereocenters. The lowest BCUT2D eigenvalue weighted by Gasteiger charge is -2.34. The van der Waals surface area contributed by atoms with Crippen molar-refractivity contribution in [2.75, 3.05) is 36.0 Å². The van der Waals surface area contributed by atoms with Gasteiger partial charge in [0.15, 0.2) is 0 Å². The molecule has 162 valence electrons. The van der Waals surface area contributed by atoms with E-state index in [2.05, 4.69) is 10.5 Å². The number of benzene rings is 1. The van der Waals surface area contributed by atoms with Gasteiger partial charge in [-0.2, -0.15) is 0 Å². The van der Waals surface area contributed by atoms with Crippen molar-refractivity contribution in [3.8, 4) is 0 Å². The number of nitrogens with one attached hydrogen (secondary N) is 1. The average Bonchev–Trinajstić information content (AvgIpc) is 3.29. The minimum absolute atomic E-state index is 0.0423. The van der Waals surface area contributed by atoms with Crippen LogP contribution in [-0.4, -0.2) is 55.2 Å². The summed E-state index contributed by atoms with van der Waals surface area (Å²) in [4.78, 5) is 26.6. The van der Waals surface area contributed by atoms with E-state index in [4.69, 9.17) is 9.94 Å². The summed E-state index contributed by atoms with van der Waals surface area (Å²) < 4.78 is 20.2. The molecule has 2 atom stereocenters. The average molecular weight is 418 g/mol. The van der Waals surface area contributed by atoms with Crippen molar-refractivity contribution in [3.05, 3.63) is 24.0 Å². The fourth-order valence-electron chi connectivity index (χ4n) is 4.87. The highest BCUT2D eigenvalue weighted by Gasteiger charge is 2.42. The number of anilines is 2. The number of rotatable bonds is 4. The number of amides is 2. The second kappa shape index (κ2) is 8.12. The van der Waals surface area contributed by atoms with Gasteiger partial charge in [-0.3, -0.25) is 9.69 Å². The normalized spacial score (nSPS) is 27.7.